The first-order valence-electron chi connectivity index (χ1n) is 5.47. The fraction of sp³-hybridized carbons (Fsp3) is 0.0714. The van der Waals surface area contributed by atoms with Crippen LogP contribution in [0.2, 0.25) is 0 Å². The van der Waals surface area contributed by atoms with Crippen LogP contribution in [0.3, 0.4) is 0 Å². The average Bonchev–Trinajstić information content (AvgIpc) is 2.37. The van der Waals surface area contributed by atoms with Crippen LogP contribution in [0.1, 0.15) is 11.1 Å². The number of benzene rings is 2. The zero-order valence-corrected chi connectivity index (χ0v) is 11.2. The van der Waals surface area contributed by atoms with Gasteiger partial charge in [0, 0.05) is 16.7 Å². The van der Waals surface area contributed by atoms with Crippen molar-refractivity contribution in [2.75, 3.05) is 11.1 Å². The molecule has 90 valence electrons. The molecular formula is C14H12BrN3. The Kier molecular flexibility index (Phi) is 3.85. The van der Waals surface area contributed by atoms with E-state index in [2.05, 4.69) is 27.3 Å². The Labute approximate surface area is 114 Å². The van der Waals surface area contributed by atoms with Gasteiger partial charge in [-0.2, -0.15) is 5.26 Å². The van der Waals surface area contributed by atoms with Gasteiger partial charge in [-0.15, -0.1) is 0 Å². The van der Waals surface area contributed by atoms with Crippen LogP contribution in [0.5, 0.6) is 0 Å². The van der Waals surface area contributed by atoms with Crippen molar-refractivity contribution in [2.24, 2.45) is 0 Å². The molecule has 2 aromatic carbocycles. The van der Waals surface area contributed by atoms with Crippen LogP contribution >= 0.6 is 15.9 Å². The van der Waals surface area contributed by atoms with Crippen LogP contribution in [-0.4, -0.2) is 0 Å². The van der Waals surface area contributed by atoms with Gasteiger partial charge in [-0.25, -0.2) is 0 Å². The van der Waals surface area contributed by atoms with Gasteiger partial charge in [0.2, 0.25) is 0 Å². The molecule has 18 heavy (non-hydrogen) atoms. The molecule has 0 aromatic heterocycles. The molecule has 0 aliphatic rings. The summed E-state index contributed by atoms with van der Waals surface area (Å²) in [4.78, 5) is 0. The number of hydrogen-bond donors (Lipinski definition) is 2. The van der Waals surface area contributed by atoms with Gasteiger partial charge >= 0.3 is 0 Å². The lowest BCUT2D eigenvalue weighted by Crippen LogP contribution is -2.00. The first-order valence-corrected chi connectivity index (χ1v) is 6.26. The summed E-state index contributed by atoms with van der Waals surface area (Å²) in [6.45, 7) is 0.713. The number of nitriles is 1. The van der Waals surface area contributed by atoms with Crippen LogP contribution in [0.15, 0.2) is 46.9 Å². The molecule has 0 bridgehead atoms. The molecule has 0 spiro atoms. The van der Waals surface area contributed by atoms with Gasteiger partial charge < -0.3 is 11.1 Å². The summed E-state index contributed by atoms with van der Waals surface area (Å²) in [5.74, 6) is 0. The van der Waals surface area contributed by atoms with E-state index in [1.807, 2.05) is 30.3 Å². The second kappa shape index (κ2) is 5.56. The number of nitrogens with two attached hydrogens (primary N) is 1. The lowest BCUT2D eigenvalue weighted by atomic mass is 10.1. The van der Waals surface area contributed by atoms with Crippen molar-refractivity contribution in [2.45, 2.75) is 6.54 Å². The third kappa shape index (κ3) is 3.02. The normalized spacial score (nSPS) is 9.78. The van der Waals surface area contributed by atoms with Crippen LogP contribution in [-0.2, 0) is 6.54 Å². The summed E-state index contributed by atoms with van der Waals surface area (Å²) in [6, 6.07) is 15.5. The first kappa shape index (κ1) is 12.5. The number of halogens is 1. The standard InChI is InChI=1S/C14H12BrN3/c15-12-3-1-2-10(6-12)9-18-13-5-4-11(8-16)14(17)7-13/h1-7,18H,9,17H2. The number of rotatable bonds is 3. The summed E-state index contributed by atoms with van der Waals surface area (Å²) in [5, 5.41) is 12.1. The lowest BCUT2D eigenvalue weighted by molar-refractivity contribution is 1.15. The van der Waals surface area contributed by atoms with Crippen molar-refractivity contribution in [3.8, 4) is 6.07 Å². The fourth-order valence-electron chi connectivity index (χ4n) is 1.63. The Hall–Kier alpha value is -1.99. The van der Waals surface area contributed by atoms with E-state index in [1.54, 1.807) is 12.1 Å². The number of hydrogen-bond acceptors (Lipinski definition) is 3. The highest BCUT2D eigenvalue weighted by Gasteiger charge is 2.00. The smallest absolute Gasteiger partial charge is 0.101 e. The minimum absolute atomic E-state index is 0.497. The predicted molar refractivity (Wildman–Crippen MR) is 77.0 cm³/mol. The molecule has 0 atom stereocenters. The van der Waals surface area contributed by atoms with Crippen LogP contribution in [0.25, 0.3) is 0 Å². The van der Waals surface area contributed by atoms with E-state index < -0.39 is 0 Å². The second-order valence-electron chi connectivity index (χ2n) is 3.90. The van der Waals surface area contributed by atoms with Gasteiger partial charge in [-0.3, -0.25) is 0 Å². The van der Waals surface area contributed by atoms with Crippen molar-refractivity contribution >= 4 is 27.3 Å². The maximum Gasteiger partial charge on any atom is 0.101 e. The number of anilines is 2. The molecule has 0 aliphatic heterocycles. The Balaban J connectivity index is 2.07. The molecule has 0 unspecified atom stereocenters. The average molecular weight is 302 g/mol. The zero-order chi connectivity index (χ0) is 13.0. The Morgan fingerprint density at radius 3 is 2.72 bits per heavy atom. The highest BCUT2D eigenvalue weighted by atomic mass is 79.9. The molecule has 2 rings (SSSR count). The Morgan fingerprint density at radius 1 is 1.22 bits per heavy atom. The third-order valence-corrected chi connectivity index (χ3v) is 3.05. The van der Waals surface area contributed by atoms with Gasteiger partial charge in [-0.05, 0) is 35.9 Å². The summed E-state index contributed by atoms with van der Waals surface area (Å²) in [6.07, 6.45) is 0. The highest BCUT2D eigenvalue weighted by Crippen LogP contribution is 2.18. The van der Waals surface area contributed by atoms with Crippen LogP contribution in [0, 0.1) is 11.3 Å². The molecule has 0 heterocycles. The van der Waals surface area contributed by atoms with Crippen molar-refractivity contribution in [3.63, 3.8) is 0 Å². The monoisotopic (exact) mass is 301 g/mol. The maximum atomic E-state index is 8.79. The SMILES string of the molecule is N#Cc1ccc(NCc2cccc(Br)c2)cc1N. The van der Waals surface area contributed by atoms with Gasteiger partial charge in [0.25, 0.3) is 0 Å². The molecule has 0 radical (unpaired) electrons. The Bertz CT molecular complexity index is 602. The van der Waals surface area contributed by atoms with Crippen molar-refractivity contribution < 1.29 is 0 Å². The van der Waals surface area contributed by atoms with Gasteiger partial charge in [0.05, 0.1) is 11.3 Å². The largest absolute Gasteiger partial charge is 0.398 e. The number of nitrogens with zero attached hydrogens (tertiary/aromatic N) is 1. The second-order valence-corrected chi connectivity index (χ2v) is 4.81. The summed E-state index contributed by atoms with van der Waals surface area (Å²) in [5.41, 5.74) is 8.84. The first-order chi connectivity index (χ1) is 8.69. The summed E-state index contributed by atoms with van der Waals surface area (Å²) < 4.78 is 1.06. The predicted octanol–water partition coefficient (Wildman–Crippen LogP) is 3.52. The van der Waals surface area contributed by atoms with Crippen molar-refractivity contribution in [1.29, 1.82) is 5.26 Å². The van der Waals surface area contributed by atoms with E-state index in [-0.39, 0.29) is 0 Å². The van der Waals surface area contributed by atoms with Gasteiger partial charge in [-0.1, -0.05) is 28.1 Å². The van der Waals surface area contributed by atoms with E-state index in [1.165, 1.54) is 5.56 Å². The molecule has 0 saturated carbocycles. The molecule has 2 aromatic rings. The minimum Gasteiger partial charge on any atom is -0.398 e. The maximum absolute atomic E-state index is 8.79. The van der Waals surface area contributed by atoms with E-state index in [0.29, 0.717) is 17.8 Å². The Morgan fingerprint density at radius 2 is 2.06 bits per heavy atom. The highest BCUT2D eigenvalue weighted by molar-refractivity contribution is 9.10. The van der Waals surface area contributed by atoms with E-state index in [0.717, 1.165) is 10.2 Å². The topological polar surface area (TPSA) is 61.8 Å². The zero-order valence-electron chi connectivity index (χ0n) is 9.65. The van der Waals surface area contributed by atoms with E-state index in [4.69, 9.17) is 11.0 Å². The molecule has 0 saturated heterocycles. The molecule has 0 amide bonds. The molecular weight excluding hydrogens is 290 g/mol. The quantitative estimate of drug-likeness (QED) is 0.853. The fourth-order valence-corrected chi connectivity index (χ4v) is 2.07. The third-order valence-electron chi connectivity index (χ3n) is 2.56. The van der Waals surface area contributed by atoms with Gasteiger partial charge in [0.1, 0.15) is 6.07 Å². The summed E-state index contributed by atoms with van der Waals surface area (Å²) >= 11 is 3.44. The van der Waals surface area contributed by atoms with E-state index in [9.17, 15) is 0 Å². The van der Waals surface area contributed by atoms with Crippen LogP contribution < -0.4 is 11.1 Å². The van der Waals surface area contributed by atoms with Crippen LogP contribution in [0.4, 0.5) is 11.4 Å². The van der Waals surface area contributed by atoms with Crippen molar-refractivity contribution in [1.82, 2.24) is 0 Å². The lowest BCUT2D eigenvalue weighted by Gasteiger charge is -2.08. The molecule has 3 N–H and O–H groups in total. The van der Waals surface area contributed by atoms with Crippen molar-refractivity contribution in [3.05, 3.63) is 58.1 Å². The number of nitrogen functional groups attached to an aromatic ring is 1. The molecule has 3 nitrogen and oxygen atoms in total. The molecule has 4 heteroatoms. The molecule has 0 aliphatic carbocycles. The molecule has 0 fully saturated rings. The summed E-state index contributed by atoms with van der Waals surface area (Å²) in [7, 11) is 0. The van der Waals surface area contributed by atoms with Gasteiger partial charge in [0.15, 0.2) is 0 Å². The number of nitrogens with one attached hydrogen (secondary N) is 1. The minimum atomic E-state index is 0.497. The van der Waals surface area contributed by atoms with E-state index >= 15 is 0 Å².